The van der Waals surface area contributed by atoms with Gasteiger partial charge in [0.1, 0.15) is 6.17 Å². The summed E-state index contributed by atoms with van der Waals surface area (Å²) >= 11 is 3.84. The highest BCUT2D eigenvalue weighted by Crippen LogP contribution is 2.71. The van der Waals surface area contributed by atoms with Crippen molar-refractivity contribution in [1.82, 2.24) is 0 Å². The molecule has 0 saturated heterocycles. The Morgan fingerprint density at radius 2 is 1.88 bits per heavy atom. The van der Waals surface area contributed by atoms with E-state index in [4.69, 9.17) is 9.47 Å². The Balaban J connectivity index is 1.81. The molecular weight excluding hydrogens is 511 g/mol. The van der Waals surface area contributed by atoms with E-state index < -0.39 is 63.3 Å². The summed E-state index contributed by atoms with van der Waals surface area (Å²) in [5.41, 5.74) is -3.23. The second kappa shape index (κ2) is 8.08. The molecule has 0 aromatic rings. The third-order valence-electron chi connectivity index (χ3n) is 8.92. The first-order chi connectivity index (χ1) is 15.7. The molecule has 4 rings (SSSR count). The average Bonchev–Trinajstić information content (AvgIpc) is 3.02. The van der Waals surface area contributed by atoms with Crippen LogP contribution in [0, 0.1) is 22.7 Å². The van der Waals surface area contributed by atoms with Crippen molar-refractivity contribution in [2.75, 3.05) is 6.61 Å². The molecule has 0 aliphatic heterocycles. The number of aliphatic hydroxyl groups is 1. The second-order valence-corrected chi connectivity index (χ2v) is 11.8. The maximum absolute atomic E-state index is 15.6. The van der Waals surface area contributed by atoms with Crippen molar-refractivity contribution in [2.24, 2.45) is 22.7 Å². The summed E-state index contributed by atoms with van der Waals surface area (Å²) in [6.45, 7) is 5.47. The number of rotatable bonds is 4. The maximum Gasteiger partial charge on any atom is 0.303 e. The molecule has 4 aliphatic rings. The van der Waals surface area contributed by atoms with Crippen LogP contribution in [0.1, 0.15) is 53.4 Å². The number of carbonyl (C=O) groups is 4. The molecule has 0 aromatic carbocycles. The number of aliphatic hydroxyl groups excluding tert-OH is 1. The Morgan fingerprint density at radius 3 is 2.50 bits per heavy atom. The van der Waals surface area contributed by atoms with E-state index in [0.717, 1.165) is 0 Å². The van der Waals surface area contributed by atoms with Crippen molar-refractivity contribution in [3.8, 4) is 0 Å². The monoisotopic (exact) mass is 540 g/mol. The predicted octanol–water partition coefficient (Wildman–Crippen LogP) is 3.16. The van der Waals surface area contributed by atoms with Crippen LogP contribution in [0.2, 0.25) is 0 Å². The first-order valence-corrected chi connectivity index (χ1v) is 12.3. The van der Waals surface area contributed by atoms with Gasteiger partial charge in [0.25, 0.3) is 0 Å². The summed E-state index contributed by atoms with van der Waals surface area (Å²) in [4.78, 5) is 49.0. The Bertz CT molecular complexity index is 1020. The lowest BCUT2D eigenvalue weighted by Crippen LogP contribution is -2.70. The molecule has 8 atom stereocenters. The fraction of sp³-hybridized carbons (Fsp3) is 0.680. The third-order valence-corrected chi connectivity index (χ3v) is 10.9. The number of carbonyl (C=O) groups excluding carboxylic acids is 4. The smallest absolute Gasteiger partial charge is 0.303 e. The molecule has 1 N–H and O–H groups in total. The highest BCUT2D eigenvalue weighted by Gasteiger charge is 2.75. The molecule has 34 heavy (non-hydrogen) atoms. The first-order valence-electron chi connectivity index (χ1n) is 11.6. The number of allylic oxidation sites excluding steroid dienone is 4. The minimum absolute atomic E-state index is 0.0550. The molecule has 0 aromatic heterocycles. The van der Waals surface area contributed by atoms with Gasteiger partial charge in [-0.3, -0.25) is 19.2 Å². The largest absolute Gasteiger partial charge is 0.458 e. The van der Waals surface area contributed by atoms with Gasteiger partial charge >= 0.3 is 11.9 Å². The van der Waals surface area contributed by atoms with Gasteiger partial charge in [0.15, 0.2) is 18.0 Å². The average molecular weight is 541 g/mol. The molecule has 0 radical (unpaired) electrons. The van der Waals surface area contributed by atoms with E-state index >= 15 is 4.39 Å². The molecular formula is C25H30BrFO7. The molecule has 3 saturated carbocycles. The number of halogens is 2. The minimum Gasteiger partial charge on any atom is -0.458 e. The number of esters is 2. The van der Waals surface area contributed by atoms with Crippen LogP contribution in [-0.4, -0.2) is 57.4 Å². The normalized spacial score (nSPS) is 44.9. The quantitative estimate of drug-likeness (QED) is 0.431. The van der Waals surface area contributed by atoms with Crippen LogP contribution in [0.15, 0.2) is 23.8 Å². The summed E-state index contributed by atoms with van der Waals surface area (Å²) in [5, 5.41) is 11.6. The lowest BCUT2D eigenvalue weighted by molar-refractivity contribution is -0.197. The highest BCUT2D eigenvalue weighted by molar-refractivity contribution is 9.10. The highest BCUT2D eigenvalue weighted by atomic mass is 79.9. The van der Waals surface area contributed by atoms with Crippen LogP contribution >= 0.6 is 15.9 Å². The summed E-state index contributed by atoms with van der Waals surface area (Å²) in [7, 11) is 0. The minimum atomic E-state index is -1.60. The zero-order valence-electron chi connectivity index (χ0n) is 19.7. The van der Waals surface area contributed by atoms with Gasteiger partial charge in [0.2, 0.25) is 5.78 Å². The number of Topliss-reactive ketones (excluding diaryl/α,β-unsaturated/α-hetero) is 1. The van der Waals surface area contributed by atoms with Crippen molar-refractivity contribution >= 4 is 39.4 Å². The van der Waals surface area contributed by atoms with Gasteiger partial charge in [-0.25, -0.2) is 4.39 Å². The second-order valence-electron chi connectivity index (χ2n) is 10.5. The molecule has 9 heteroatoms. The fourth-order valence-corrected chi connectivity index (χ4v) is 8.43. The zero-order valence-corrected chi connectivity index (χ0v) is 21.3. The van der Waals surface area contributed by atoms with Crippen molar-refractivity contribution in [3.05, 3.63) is 23.8 Å². The molecule has 0 bridgehead atoms. The van der Waals surface area contributed by atoms with Crippen molar-refractivity contribution in [3.63, 3.8) is 0 Å². The number of ether oxygens (including phenoxy) is 2. The van der Waals surface area contributed by atoms with Crippen LogP contribution < -0.4 is 0 Å². The summed E-state index contributed by atoms with van der Waals surface area (Å²) in [6, 6.07) is 0. The van der Waals surface area contributed by atoms with Crippen molar-refractivity contribution in [2.45, 2.75) is 75.6 Å². The van der Waals surface area contributed by atoms with E-state index in [0.29, 0.717) is 12.0 Å². The summed E-state index contributed by atoms with van der Waals surface area (Å²) in [5.74, 6) is -2.81. The van der Waals surface area contributed by atoms with Gasteiger partial charge in [-0.2, -0.15) is 0 Å². The number of hydrogen-bond acceptors (Lipinski definition) is 7. The van der Waals surface area contributed by atoms with E-state index in [1.165, 1.54) is 26.0 Å². The maximum atomic E-state index is 15.6. The molecule has 4 aliphatic carbocycles. The van der Waals surface area contributed by atoms with E-state index in [1.807, 2.05) is 6.92 Å². The van der Waals surface area contributed by atoms with Crippen molar-refractivity contribution < 1.29 is 38.1 Å². The summed E-state index contributed by atoms with van der Waals surface area (Å²) in [6.07, 6.45) is 2.75. The Labute approximate surface area is 206 Å². The van der Waals surface area contributed by atoms with Gasteiger partial charge in [0.05, 0.1) is 10.4 Å². The first kappa shape index (κ1) is 25.2. The van der Waals surface area contributed by atoms with Gasteiger partial charge in [-0.15, -0.1) is 0 Å². The van der Waals surface area contributed by atoms with Crippen molar-refractivity contribution in [1.29, 1.82) is 0 Å². The zero-order chi connectivity index (χ0) is 25.3. The number of ketones is 2. The van der Waals surface area contributed by atoms with Gasteiger partial charge in [0, 0.05) is 24.7 Å². The standard InChI is InChI=1S/C25H30BrFO7/c1-13(28)33-12-21(32)24(34-14(2)29)8-6-16-17-10-19(27)18-9-15(30)5-7-22(18,3)25(17,26)20(31)11-23(16,24)4/h5,7,9,16-17,19-20,31H,6,8,10-12H2,1-4H3/t16-,17-,19-,20?,22-,23-,24-,25-/m0/s1. The molecule has 0 spiro atoms. The molecule has 1 unspecified atom stereocenters. The number of alkyl halides is 2. The molecule has 7 nitrogen and oxygen atoms in total. The van der Waals surface area contributed by atoms with Crippen LogP contribution in [0.25, 0.3) is 0 Å². The number of hydrogen-bond donors (Lipinski definition) is 1. The van der Waals surface area contributed by atoms with Crippen LogP contribution in [-0.2, 0) is 28.7 Å². The lowest BCUT2D eigenvalue weighted by atomic mass is 9.45. The predicted molar refractivity (Wildman–Crippen MR) is 123 cm³/mol. The van der Waals surface area contributed by atoms with Gasteiger partial charge < -0.3 is 14.6 Å². The molecule has 3 fully saturated rings. The summed E-state index contributed by atoms with van der Waals surface area (Å²) < 4.78 is 25.3. The molecule has 0 amide bonds. The van der Waals surface area contributed by atoms with E-state index in [9.17, 15) is 24.3 Å². The van der Waals surface area contributed by atoms with E-state index in [-0.39, 0.29) is 31.0 Å². The lowest BCUT2D eigenvalue weighted by Gasteiger charge is -2.64. The molecule has 186 valence electrons. The van der Waals surface area contributed by atoms with Gasteiger partial charge in [-0.1, -0.05) is 35.9 Å². The number of fused-ring (bicyclic) bond motifs is 5. The van der Waals surface area contributed by atoms with Crippen LogP contribution in [0.4, 0.5) is 4.39 Å². The Hall–Kier alpha value is -1.87. The van der Waals surface area contributed by atoms with E-state index in [2.05, 4.69) is 15.9 Å². The van der Waals surface area contributed by atoms with E-state index in [1.54, 1.807) is 13.0 Å². The fourth-order valence-electron chi connectivity index (χ4n) is 7.40. The SMILES string of the molecule is CC(=O)OCC(=O)[C@@]1(OC(C)=O)CC[C@H]2[C@@H]3C[C@H](F)C4=CC(=O)C=C[C@]4(C)[C@@]3(Br)C(O)C[C@@]21C. The molecule has 0 heterocycles. The Kier molecular flexibility index (Phi) is 6.00. The Morgan fingerprint density at radius 1 is 1.21 bits per heavy atom. The topological polar surface area (TPSA) is 107 Å². The van der Waals surface area contributed by atoms with Crippen LogP contribution in [0.3, 0.4) is 0 Å². The van der Waals surface area contributed by atoms with Gasteiger partial charge in [-0.05, 0) is 55.2 Å². The van der Waals surface area contributed by atoms with Crippen LogP contribution in [0.5, 0.6) is 0 Å². The third kappa shape index (κ3) is 3.22.